The lowest BCUT2D eigenvalue weighted by Crippen LogP contribution is -2.29. The van der Waals surface area contributed by atoms with E-state index in [2.05, 4.69) is 15.9 Å². The van der Waals surface area contributed by atoms with Gasteiger partial charge in [-0.1, -0.05) is 15.9 Å². The quantitative estimate of drug-likeness (QED) is 0.901. The van der Waals surface area contributed by atoms with Crippen molar-refractivity contribution in [1.29, 1.82) is 0 Å². The number of halogens is 1. The first-order valence-electron chi connectivity index (χ1n) is 4.35. The van der Waals surface area contributed by atoms with Crippen LogP contribution in [-0.2, 0) is 4.79 Å². The molecule has 1 N–H and O–H groups in total. The number of benzene rings is 1. The summed E-state index contributed by atoms with van der Waals surface area (Å²) in [6.07, 6.45) is 0. The van der Waals surface area contributed by atoms with E-state index in [1.807, 2.05) is 31.2 Å². The zero-order valence-corrected chi connectivity index (χ0v) is 9.49. The van der Waals surface area contributed by atoms with Gasteiger partial charge in [-0.2, -0.15) is 0 Å². The summed E-state index contributed by atoms with van der Waals surface area (Å²) in [5, 5.41) is 8.68. The monoisotopic (exact) mass is 257 g/mol. The Balaban J connectivity index is 2.78. The molecule has 0 fully saturated rings. The number of hydrogen-bond acceptors (Lipinski definition) is 2. The van der Waals surface area contributed by atoms with Crippen LogP contribution in [0.25, 0.3) is 0 Å². The van der Waals surface area contributed by atoms with E-state index in [1.165, 1.54) is 0 Å². The number of hydrogen-bond donors (Lipinski definition) is 1. The van der Waals surface area contributed by atoms with Crippen LogP contribution in [0, 0.1) is 0 Å². The van der Waals surface area contributed by atoms with Crippen LogP contribution in [0.1, 0.15) is 6.92 Å². The number of carboxylic acids is 1. The third-order valence-corrected chi connectivity index (χ3v) is 2.43. The van der Waals surface area contributed by atoms with Crippen LogP contribution in [0.2, 0.25) is 0 Å². The molecule has 4 heteroatoms. The van der Waals surface area contributed by atoms with Gasteiger partial charge in [0.15, 0.2) is 0 Å². The van der Waals surface area contributed by atoms with Crippen molar-refractivity contribution in [2.24, 2.45) is 0 Å². The first-order chi connectivity index (χ1) is 6.63. The third-order valence-electron chi connectivity index (χ3n) is 1.90. The molecule has 3 nitrogen and oxygen atoms in total. The van der Waals surface area contributed by atoms with Crippen molar-refractivity contribution in [1.82, 2.24) is 0 Å². The Morgan fingerprint density at radius 1 is 1.43 bits per heavy atom. The lowest BCUT2D eigenvalue weighted by molar-refractivity contribution is -0.135. The highest BCUT2D eigenvalue weighted by Gasteiger charge is 2.07. The number of anilines is 1. The van der Waals surface area contributed by atoms with Gasteiger partial charge in [-0.25, -0.2) is 0 Å². The average Bonchev–Trinajstić information content (AvgIpc) is 2.15. The zero-order valence-electron chi connectivity index (χ0n) is 7.90. The number of carbonyl (C=O) groups is 1. The van der Waals surface area contributed by atoms with Gasteiger partial charge in [0.25, 0.3) is 0 Å². The Kier molecular flexibility index (Phi) is 3.95. The molecule has 1 aromatic carbocycles. The number of carboxylic acid groups (broad SMARTS) is 1. The molecular formula is C10H12BrNO2. The van der Waals surface area contributed by atoms with Gasteiger partial charge >= 0.3 is 5.97 Å². The van der Waals surface area contributed by atoms with Gasteiger partial charge in [0.05, 0.1) is 0 Å². The van der Waals surface area contributed by atoms with E-state index in [1.54, 1.807) is 4.90 Å². The maximum absolute atomic E-state index is 10.6. The van der Waals surface area contributed by atoms with Crippen LogP contribution in [-0.4, -0.2) is 24.2 Å². The van der Waals surface area contributed by atoms with E-state index in [4.69, 9.17) is 5.11 Å². The molecular weight excluding hydrogens is 246 g/mol. The summed E-state index contributed by atoms with van der Waals surface area (Å²) in [6, 6.07) is 7.60. The molecule has 0 bridgehead atoms. The van der Waals surface area contributed by atoms with Gasteiger partial charge in [-0.3, -0.25) is 4.79 Å². The largest absolute Gasteiger partial charge is 0.480 e. The first kappa shape index (κ1) is 11.0. The smallest absolute Gasteiger partial charge is 0.323 e. The second kappa shape index (κ2) is 5.00. The van der Waals surface area contributed by atoms with Crippen molar-refractivity contribution in [2.75, 3.05) is 18.0 Å². The van der Waals surface area contributed by atoms with Crippen LogP contribution >= 0.6 is 15.9 Å². The highest BCUT2D eigenvalue weighted by atomic mass is 79.9. The predicted molar refractivity (Wildman–Crippen MR) is 59.7 cm³/mol. The fourth-order valence-electron chi connectivity index (χ4n) is 1.20. The van der Waals surface area contributed by atoms with Gasteiger partial charge in [0, 0.05) is 16.7 Å². The van der Waals surface area contributed by atoms with E-state index in [9.17, 15) is 4.79 Å². The molecule has 0 aromatic heterocycles. The molecule has 76 valence electrons. The van der Waals surface area contributed by atoms with E-state index >= 15 is 0 Å². The molecule has 0 aliphatic rings. The molecule has 0 aliphatic carbocycles. The predicted octanol–water partition coefficient (Wildman–Crippen LogP) is 2.36. The SMILES string of the molecule is CCN(CC(=O)O)c1ccc(Br)cc1. The standard InChI is InChI=1S/C10H12BrNO2/c1-2-12(7-10(13)14)9-5-3-8(11)4-6-9/h3-6H,2,7H2,1H3,(H,13,14). The molecule has 0 radical (unpaired) electrons. The summed E-state index contributed by atoms with van der Waals surface area (Å²) >= 11 is 3.33. The molecule has 1 aromatic rings. The molecule has 0 aliphatic heterocycles. The van der Waals surface area contributed by atoms with Crippen LogP contribution in [0.3, 0.4) is 0 Å². The van der Waals surface area contributed by atoms with Gasteiger partial charge in [0.2, 0.25) is 0 Å². The van der Waals surface area contributed by atoms with E-state index in [0.29, 0.717) is 6.54 Å². The molecule has 0 saturated heterocycles. The minimum Gasteiger partial charge on any atom is -0.480 e. The molecule has 0 saturated carbocycles. The molecule has 14 heavy (non-hydrogen) atoms. The minimum atomic E-state index is -0.810. The Labute approximate surface area is 91.5 Å². The Hall–Kier alpha value is -1.03. The summed E-state index contributed by atoms with van der Waals surface area (Å²) in [5.41, 5.74) is 0.929. The summed E-state index contributed by atoms with van der Waals surface area (Å²) in [6.45, 7) is 2.66. The van der Waals surface area contributed by atoms with Gasteiger partial charge in [0.1, 0.15) is 6.54 Å². The Bertz CT molecular complexity index is 310. The lowest BCUT2D eigenvalue weighted by Gasteiger charge is -2.20. The highest BCUT2D eigenvalue weighted by Crippen LogP contribution is 2.17. The summed E-state index contributed by atoms with van der Waals surface area (Å²) in [7, 11) is 0. The summed E-state index contributed by atoms with van der Waals surface area (Å²) < 4.78 is 0.993. The summed E-state index contributed by atoms with van der Waals surface area (Å²) in [4.78, 5) is 12.4. The van der Waals surface area contributed by atoms with Crippen molar-refractivity contribution in [3.8, 4) is 0 Å². The molecule has 1 rings (SSSR count). The molecule has 0 heterocycles. The lowest BCUT2D eigenvalue weighted by atomic mass is 10.3. The third kappa shape index (κ3) is 3.03. The molecule has 0 atom stereocenters. The first-order valence-corrected chi connectivity index (χ1v) is 5.15. The average molecular weight is 258 g/mol. The van der Waals surface area contributed by atoms with Crippen molar-refractivity contribution >= 4 is 27.6 Å². The zero-order chi connectivity index (χ0) is 10.6. The van der Waals surface area contributed by atoms with Crippen molar-refractivity contribution < 1.29 is 9.90 Å². The van der Waals surface area contributed by atoms with Gasteiger partial charge in [-0.15, -0.1) is 0 Å². The van der Waals surface area contributed by atoms with Crippen LogP contribution in [0.4, 0.5) is 5.69 Å². The fraction of sp³-hybridized carbons (Fsp3) is 0.300. The fourth-order valence-corrected chi connectivity index (χ4v) is 1.47. The van der Waals surface area contributed by atoms with Crippen LogP contribution < -0.4 is 4.90 Å². The van der Waals surface area contributed by atoms with Crippen molar-refractivity contribution in [2.45, 2.75) is 6.92 Å². The van der Waals surface area contributed by atoms with Crippen LogP contribution in [0.15, 0.2) is 28.7 Å². The summed E-state index contributed by atoms with van der Waals surface area (Å²) in [5.74, 6) is -0.810. The van der Waals surface area contributed by atoms with E-state index < -0.39 is 5.97 Å². The van der Waals surface area contributed by atoms with Gasteiger partial charge in [-0.05, 0) is 31.2 Å². The van der Waals surface area contributed by atoms with E-state index in [-0.39, 0.29) is 6.54 Å². The number of aliphatic carboxylic acids is 1. The second-order valence-corrected chi connectivity index (χ2v) is 3.80. The number of likely N-dealkylation sites (N-methyl/N-ethyl adjacent to an activating group) is 1. The second-order valence-electron chi connectivity index (χ2n) is 2.88. The topological polar surface area (TPSA) is 40.5 Å². The highest BCUT2D eigenvalue weighted by molar-refractivity contribution is 9.10. The normalized spacial score (nSPS) is 9.86. The Morgan fingerprint density at radius 3 is 2.43 bits per heavy atom. The minimum absolute atomic E-state index is 0.0398. The maximum atomic E-state index is 10.6. The van der Waals surface area contributed by atoms with E-state index in [0.717, 1.165) is 10.2 Å². The number of nitrogens with zero attached hydrogens (tertiary/aromatic N) is 1. The van der Waals surface area contributed by atoms with Crippen LogP contribution in [0.5, 0.6) is 0 Å². The molecule has 0 spiro atoms. The maximum Gasteiger partial charge on any atom is 0.323 e. The van der Waals surface area contributed by atoms with Crippen molar-refractivity contribution in [3.63, 3.8) is 0 Å². The Morgan fingerprint density at radius 2 is 2.00 bits per heavy atom. The number of rotatable bonds is 4. The molecule has 0 unspecified atom stereocenters. The van der Waals surface area contributed by atoms with Gasteiger partial charge < -0.3 is 10.0 Å². The molecule has 0 amide bonds. The van der Waals surface area contributed by atoms with Crippen molar-refractivity contribution in [3.05, 3.63) is 28.7 Å².